The Morgan fingerprint density at radius 3 is 2.84 bits per heavy atom. The number of nitrogens with zero attached hydrogens (tertiary/aromatic N) is 2. The van der Waals surface area contributed by atoms with Crippen molar-refractivity contribution in [3.8, 4) is 11.8 Å². The van der Waals surface area contributed by atoms with Crippen LogP contribution >= 0.6 is 0 Å². The van der Waals surface area contributed by atoms with Gasteiger partial charge < -0.3 is 24.7 Å². The van der Waals surface area contributed by atoms with Gasteiger partial charge in [-0.15, -0.1) is 0 Å². The van der Waals surface area contributed by atoms with Crippen LogP contribution in [0.25, 0.3) is 0 Å². The van der Waals surface area contributed by atoms with Gasteiger partial charge >= 0.3 is 5.97 Å². The molecule has 8 heteroatoms. The number of hydrogen-bond donors (Lipinski definition) is 1. The highest BCUT2D eigenvalue weighted by Gasteiger charge is 2.36. The van der Waals surface area contributed by atoms with Gasteiger partial charge in [0.15, 0.2) is 0 Å². The van der Waals surface area contributed by atoms with E-state index in [-0.39, 0.29) is 23.6 Å². The summed E-state index contributed by atoms with van der Waals surface area (Å²) in [6.07, 6.45) is 0.894. The highest BCUT2D eigenvalue weighted by atomic mass is 16.5. The molecule has 0 bridgehead atoms. The molecule has 0 saturated carbocycles. The maximum Gasteiger partial charge on any atom is 0.338 e. The van der Waals surface area contributed by atoms with E-state index in [0.717, 1.165) is 44.8 Å². The van der Waals surface area contributed by atoms with Crippen LogP contribution in [0.1, 0.15) is 31.7 Å². The molecule has 3 rings (SSSR count). The lowest BCUT2D eigenvalue weighted by atomic mass is 9.83. The SMILES string of the molecule is CCOC(=O)C1=C(C)OC(N)=C(C#N)C1c1cccc(OCCCN2CCOCC2)c1. The molecule has 0 aliphatic carbocycles. The lowest BCUT2D eigenvalue weighted by molar-refractivity contribution is -0.139. The molecule has 2 aliphatic heterocycles. The molecule has 8 nitrogen and oxygen atoms in total. The van der Waals surface area contributed by atoms with E-state index in [9.17, 15) is 10.1 Å². The Bertz CT molecular complexity index is 897. The lowest BCUT2D eigenvalue weighted by Gasteiger charge is -2.27. The molecule has 1 aromatic rings. The Labute approximate surface area is 182 Å². The summed E-state index contributed by atoms with van der Waals surface area (Å²) in [5, 5.41) is 9.69. The van der Waals surface area contributed by atoms with Crippen LogP contribution < -0.4 is 10.5 Å². The zero-order chi connectivity index (χ0) is 22.2. The summed E-state index contributed by atoms with van der Waals surface area (Å²) in [4.78, 5) is 15.0. The number of ether oxygens (including phenoxy) is 4. The Balaban J connectivity index is 1.75. The number of carbonyl (C=O) groups is 1. The normalized spacial score (nSPS) is 19.6. The molecule has 2 N–H and O–H groups in total. The van der Waals surface area contributed by atoms with Crippen molar-refractivity contribution in [2.45, 2.75) is 26.2 Å². The van der Waals surface area contributed by atoms with E-state index in [1.165, 1.54) is 0 Å². The molecular weight excluding hydrogens is 398 g/mol. The van der Waals surface area contributed by atoms with Crippen molar-refractivity contribution >= 4 is 5.97 Å². The fourth-order valence-corrected chi connectivity index (χ4v) is 3.77. The van der Waals surface area contributed by atoms with Crippen molar-refractivity contribution in [2.75, 3.05) is 46.1 Å². The minimum Gasteiger partial charge on any atom is -0.494 e. The summed E-state index contributed by atoms with van der Waals surface area (Å²) in [5.74, 6) is -0.203. The Morgan fingerprint density at radius 2 is 2.13 bits per heavy atom. The zero-order valence-corrected chi connectivity index (χ0v) is 18.1. The summed E-state index contributed by atoms with van der Waals surface area (Å²) >= 11 is 0. The lowest BCUT2D eigenvalue weighted by Crippen LogP contribution is -2.37. The van der Waals surface area contributed by atoms with E-state index in [4.69, 9.17) is 24.7 Å². The molecule has 0 amide bonds. The fraction of sp³-hybridized carbons (Fsp3) is 0.478. The van der Waals surface area contributed by atoms with Crippen LogP contribution in [0.2, 0.25) is 0 Å². The first-order chi connectivity index (χ1) is 15.0. The predicted molar refractivity (Wildman–Crippen MR) is 114 cm³/mol. The number of nitrogens with two attached hydrogens (primary N) is 1. The molecule has 166 valence electrons. The van der Waals surface area contributed by atoms with Gasteiger partial charge in [-0.1, -0.05) is 12.1 Å². The van der Waals surface area contributed by atoms with Gasteiger partial charge in [-0.05, 0) is 38.0 Å². The first-order valence-electron chi connectivity index (χ1n) is 10.5. The maximum atomic E-state index is 12.6. The molecule has 1 atom stereocenters. The Kier molecular flexibility index (Phi) is 7.93. The number of allylic oxidation sites excluding steroid dienone is 2. The molecule has 1 fully saturated rings. The molecule has 2 aliphatic rings. The van der Waals surface area contributed by atoms with E-state index in [1.807, 2.05) is 24.3 Å². The summed E-state index contributed by atoms with van der Waals surface area (Å²) in [6.45, 7) is 8.57. The molecule has 1 aromatic carbocycles. The van der Waals surface area contributed by atoms with Crippen LogP contribution in [0, 0.1) is 11.3 Å². The summed E-state index contributed by atoms with van der Waals surface area (Å²) < 4.78 is 22.0. The van der Waals surface area contributed by atoms with Crippen molar-refractivity contribution < 1.29 is 23.7 Å². The standard InChI is InChI=1S/C23H29N3O5/c1-3-29-23(27)20-16(2)31-22(25)19(15-24)21(20)17-6-4-7-18(14-17)30-11-5-8-26-9-12-28-13-10-26/h4,6-7,14,21H,3,5,8-13,25H2,1-2H3. The third-order valence-electron chi connectivity index (χ3n) is 5.28. The second-order valence-corrected chi connectivity index (χ2v) is 7.34. The summed E-state index contributed by atoms with van der Waals surface area (Å²) in [6, 6.07) is 9.46. The monoisotopic (exact) mass is 427 g/mol. The fourth-order valence-electron chi connectivity index (χ4n) is 3.77. The van der Waals surface area contributed by atoms with E-state index in [1.54, 1.807) is 13.8 Å². The van der Waals surface area contributed by atoms with E-state index in [0.29, 0.717) is 18.1 Å². The van der Waals surface area contributed by atoms with Crippen molar-refractivity contribution in [1.82, 2.24) is 4.90 Å². The first-order valence-corrected chi connectivity index (χ1v) is 10.5. The Morgan fingerprint density at radius 1 is 1.35 bits per heavy atom. The minimum absolute atomic E-state index is 0.00474. The van der Waals surface area contributed by atoms with Crippen molar-refractivity contribution in [3.05, 3.63) is 52.6 Å². The first kappa shape index (κ1) is 22.7. The number of esters is 1. The number of nitriles is 1. The number of morpholine rings is 1. The van der Waals surface area contributed by atoms with Gasteiger partial charge in [0.2, 0.25) is 5.88 Å². The highest BCUT2D eigenvalue weighted by Crippen LogP contribution is 2.40. The smallest absolute Gasteiger partial charge is 0.338 e. The summed E-state index contributed by atoms with van der Waals surface area (Å²) in [7, 11) is 0. The van der Waals surface area contributed by atoms with Crippen LogP contribution in [-0.4, -0.2) is 56.9 Å². The molecule has 2 heterocycles. The van der Waals surface area contributed by atoms with Gasteiger partial charge in [0, 0.05) is 19.6 Å². The van der Waals surface area contributed by atoms with E-state index in [2.05, 4.69) is 11.0 Å². The van der Waals surface area contributed by atoms with Gasteiger partial charge in [0.1, 0.15) is 23.2 Å². The average Bonchev–Trinajstić information content (AvgIpc) is 2.77. The molecule has 1 unspecified atom stereocenters. The molecular formula is C23H29N3O5. The second kappa shape index (κ2) is 10.8. The third-order valence-corrected chi connectivity index (χ3v) is 5.28. The van der Waals surface area contributed by atoms with Gasteiger partial charge in [-0.2, -0.15) is 5.26 Å². The number of carbonyl (C=O) groups excluding carboxylic acids is 1. The topological polar surface area (TPSA) is 107 Å². The van der Waals surface area contributed by atoms with E-state index < -0.39 is 11.9 Å². The summed E-state index contributed by atoms with van der Waals surface area (Å²) in [5.41, 5.74) is 7.13. The van der Waals surface area contributed by atoms with Crippen molar-refractivity contribution in [1.29, 1.82) is 5.26 Å². The zero-order valence-electron chi connectivity index (χ0n) is 18.1. The average molecular weight is 428 g/mol. The molecule has 0 spiro atoms. The molecule has 1 saturated heterocycles. The van der Waals surface area contributed by atoms with Gasteiger partial charge in [-0.25, -0.2) is 4.79 Å². The Hall–Kier alpha value is -3.02. The quantitative estimate of drug-likeness (QED) is 0.498. The van der Waals surface area contributed by atoms with Crippen LogP contribution in [-0.2, 0) is 19.0 Å². The van der Waals surface area contributed by atoms with Gasteiger partial charge in [0.25, 0.3) is 0 Å². The van der Waals surface area contributed by atoms with Crippen LogP contribution in [0.3, 0.4) is 0 Å². The largest absolute Gasteiger partial charge is 0.494 e. The van der Waals surface area contributed by atoms with Gasteiger partial charge in [-0.3, -0.25) is 4.90 Å². The third kappa shape index (κ3) is 5.57. The van der Waals surface area contributed by atoms with Crippen molar-refractivity contribution in [2.24, 2.45) is 5.73 Å². The second-order valence-electron chi connectivity index (χ2n) is 7.34. The maximum absolute atomic E-state index is 12.6. The number of benzene rings is 1. The number of hydrogen-bond acceptors (Lipinski definition) is 8. The number of rotatable bonds is 8. The van der Waals surface area contributed by atoms with Crippen LogP contribution in [0.15, 0.2) is 47.1 Å². The van der Waals surface area contributed by atoms with E-state index >= 15 is 0 Å². The van der Waals surface area contributed by atoms with Crippen LogP contribution in [0.5, 0.6) is 5.75 Å². The van der Waals surface area contributed by atoms with Crippen LogP contribution in [0.4, 0.5) is 0 Å². The molecule has 31 heavy (non-hydrogen) atoms. The molecule has 0 radical (unpaired) electrons. The highest BCUT2D eigenvalue weighted by molar-refractivity contribution is 5.92. The molecule has 0 aromatic heterocycles. The van der Waals surface area contributed by atoms with Gasteiger partial charge in [0.05, 0.1) is 37.9 Å². The van der Waals surface area contributed by atoms with Crippen molar-refractivity contribution in [3.63, 3.8) is 0 Å². The predicted octanol–water partition coefficient (Wildman–Crippen LogP) is 2.43. The minimum atomic E-state index is -0.672.